The summed E-state index contributed by atoms with van der Waals surface area (Å²) in [5.41, 5.74) is 1.02. The Labute approximate surface area is 111 Å². The van der Waals surface area contributed by atoms with Crippen molar-refractivity contribution in [2.24, 2.45) is 0 Å². The maximum absolute atomic E-state index is 11.7. The van der Waals surface area contributed by atoms with Gasteiger partial charge in [0.1, 0.15) is 11.6 Å². The quantitative estimate of drug-likeness (QED) is 0.354. The molecule has 0 unspecified atom stereocenters. The lowest BCUT2D eigenvalue weighted by molar-refractivity contribution is -0.117. The van der Waals surface area contributed by atoms with Gasteiger partial charge in [-0.2, -0.15) is 5.26 Å². The van der Waals surface area contributed by atoms with Crippen LogP contribution in [0, 0.1) is 11.3 Å². The monoisotopic (exact) mass is 263 g/mol. The number of rotatable bonds is 6. The van der Waals surface area contributed by atoms with Crippen molar-refractivity contribution in [3.63, 3.8) is 0 Å². The number of hydrogen-bond donors (Lipinski definition) is 2. The predicted molar refractivity (Wildman–Crippen MR) is 70.7 cm³/mol. The van der Waals surface area contributed by atoms with Crippen LogP contribution < -0.4 is 10.6 Å². The van der Waals surface area contributed by atoms with Crippen LogP contribution in [-0.4, -0.2) is 18.3 Å². The molecule has 0 atom stereocenters. The number of nitriles is 1. The van der Waals surface area contributed by atoms with E-state index in [0.29, 0.717) is 19.0 Å². The fourth-order valence-electron chi connectivity index (χ4n) is 1.25. The van der Waals surface area contributed by atoms with Crippen molar-refractivity contribution in [2.75, 3.05) is 12.4 Å². The molecule has 0 fully saturated rings. The van der Waals surface area contributed by atoms with E-state index in [4.69, 9.17) is 16.9 Å². The molecule has 5 heteroatoms. The van der Waals surface area contributed by atoms with Gasteiger partial charge in [0.05, 0.1) is 0 Å². The zero-order valence-electron chi connectivity index (χ0n) is 9.82. The Hall–Kier alpha value is -1.99. The van der Waals surface area contributed by atoms with Crippen molar-refractivity contribution in [3.05, 3.63) is 47.7 Å². The number of halogens is 1. The smallest absolute Gasteiger partial charge is 0.263 e. The van der Waals surface area contributed by atoms with Crippen LogP contribution in [0.3, 0.4) is 0 Å². The third-order valence-corrected chi connectivity index (χ3v) is 2.34. The molecule has 0 bridgehead atoms. The second-order valence-corrected chi connectivity index (χ2v) is 3.86. The highest BCUT2D eigenvalue weighted by molar-refractivity contribution is 6.18. The fourth-order valence-corrected chi connectivity index (χ4v) is 1.36. The molecule has 0 radical (unpaired) electrons. The Balaban J connectivity index is 2.48. The van der Waals surface area contributed by atoms with Crippen molar-refractivity contribution in [2.45, 2.75) is 6.54 Å². The molecule has 18 heavy (non-hydrogen) atoms. The van der Waals surface area contributed by atoms with Crippen molar-refractivity contribution in [1.29, 1.82) is 5.26 Å². The van der Waals surface area contributed by atoms with Gasteiger partial charge >= 0.3 is 0 Å². The van der Waals surface area contributed by atoms with Crippen LogP contribution in [0.4, 0.5) is 0 Å². The number of hydrogen-bond acceptors (Lipinski definition) is 3. The molecule has 0 saturated heterocycles. The minimum absolute atomic E-state index is 0.0380. The van der Waals surface area contributed by atoms with Crippen molar-refractivity contribution in [1.82, 2.24) is 10.6 Å². The zero-order valence-corrected chi connectivity index (χ0v) is 10.6. The van der Waals surface area contributed by atoms with Gasteiger partial charge in [0.15, 0.2) is 0 Å². The van der Waals surface area contributed by atoms with E-state index in [1.54, 1.807) is 0 Å². The maximum Gasteiger partial charge on any atom is 0.263 e. The van der Waals surface area contributed by atoms with Crippen LogP contribution in [-0.2, 0) is 11.3 Å². The minimum atomic E-state index is -0.400. The first kappa shape index (κ1) is 14.1. The molecule has 1 aromatic carbocycles. The zero-order chi connectivity index (χ0) is 13.2. The first-order valence-electron chi connectivity index (χ1n) is 5.49. The minimum Gasteiger partial charge on any atom is -0.388 e. The van der Waals surface area contributed by atoms with E-state index in [2.05, 4.69) is 10.6 Å². The Morgan fingerprint density at radius 1 is 1.39 bits per heavy atom. The second-order valence-electron chi connectivity index (χ2n) is 3.48. The summed E-state index contributed by atoms with van der Waals surface area (Å²) >= 11 is 5.47. The van der Waals surface area contributed by atoms with Gasteiger partial charge in [-0.1, -0.05) is 30.3 Å². The number of carbonyl (C=O) groups excluding carboxylic acids is 1. The van der Waals surface area contributed by atoms with E-state index in [1.165, 1.54) is 6.20 Å². The summed E-state index contributed by atoms with van der Waals surface area (Å²) in [7, 11) is 0. The van der Waals surface area contributed by atoms with Gasteiger partial charge in [-0.05, 0) is 5.56 Å². The van der Waals surface area contributed by atoms with Crippen LogP contribution in [0.25, 0.3) is 0 Å². The summed E-state index contributed by atoms with van der Waals surface area (Å²) in [6.45, 7) is 0.910. The molecule has 0 heterocycles. The molecule has 0 aromatic heterocycles. The van der Waals surface area contributed by atoms with Crippen molar-refractivity contribution in [3.8, 4) is 6.07 Å². The first-order valence-corrected chi connectivity index (χ1v) is 6.03. The Morgan fingerprint density at radius 3 is 2.72 bits per heavy atom. The van der Waals surface area contributed by atoms with Crippen molar-refractivity contribution >= 4 is 17.5 Å². The van der Waals surface area contributed by atoms with E-state index in [-0.39, 0.29) is 5.57 Å². The summed E-state index contributed by atoms with van der Waals surface area (Å²) in [5, 5.41) is 14.3. The molecule has 4 nitrogen and oxygen atoms in total. The highest BCUT2D eigenvalue weighted by atomic mass is 35.5. The number of benzene rings is 1. The van der Waals surface area contributed by atoms with Gasteiger partial charge in [-0.25, -0.2) is 0 Å². The standard InChI is InChI=1S/C13H14ClN3O/c14-6-7-16-10-12(8-15)13(18)17-9-11-4-2-1-3-5-11/h1-5,10,16H,6-7,9H2,(H,17,18)/b12-10-. The SMILES string of the molecule is N#C/C(=C/NCCCl)C(=O)NCc1ccccc1. The number of amides is 1. The molecule has 0 saturated carbocycles. The molecule has 0 aliphatic rings. The van der Waals surface area contributed by atoms with Gasteiger partial charge in [0, 0.05) is 25.2 Å². The first-order chi connectivity index (χ1) is 8.77. The van der Waals surface area contributed by atoms with Crippen molar-refractivity contribution < 1.29 is 4.79 Å². The molecule has 94 valence electrons. The van der Waals surface area contributed by atoms with Gasteiger partial charge in [0.25, 0.3) is 5.91 Å². The third-order valence-electron chi connectivity index (χ3n) is 2.15. The summed E-state index contributed by atoms with van der Waals surface area (Å²) in [6.07, 6.45) is 1.38. The highest BCUT2D eigenvalue weighted by Gasteiger charge is 2.07. The average molecular weight is 264 g/mol. The van der Waals surface area contributed by atoms with Gasteiger partial charge in [-0.15, -0.1) is 11.6 Å². The Kier molecular flexibility index (Phi) is 6.37. The van der Waals surface area contributed by atoms with Crippen LogP contribution in [0.5, 0.6) is 0 Å². The average Bonchev–Trinajstić information content (AvgIpc) is 2.42. The molecule has 0 spiro atoms. The molecule has 1 aromatic rings. The molecule has 2 N–H and O–H groups in total. The third kappa shape index (κ3) is 4.89. The summed E-state index contributed by atoms with van der Waals surface area (Å²) < 4.78 is 0. The van der Waals surface area contributed by atoms with E-state index in [0.717, 1.165) is 5.56 Å². The van der Waals surface area contributed by atoms with E-state index >= 15 is 0 Å². The number of alkyl halides is 1. The molecule has 1 amide bonds. The summed E-state index contributed by atoms with van der Waals surface area (Å²) in [5.74, 6) is 0.0179. The lowest BCUT2D eigenvalue weighted by atomic mass is 10.2. The Bertz CT molecular complexity index is 451. The van der Waals surface area contributed by atoms with E-state index in [1.807, 2.05) is 36.4 Å². The summed E-state index contributed by atoms with van der Waals surface area (Å²) in [4.78, 5) is 11.7. The van der Waals surface area contributed by atoms with Crippen LogP contribution in [0.2, 0.25) is 0 Å². The molecular formula is C13H14ClN3O. The van der Waals surface area contributed by atoms with Gasteiger partial charge in [0.2, 0.25) is 0 Å². The molecule has 1 rings (SSSR count). The van der Waals surface area contributed by atoms with Crippen LogP contribution in [0.15, 0.2) is 42.1 Å². The van der Waals surface area contributed by atoms with E-state index < -0.39 is 5.91 Å². The lowest BCUT2D eigenvalue weighted by Gasteiger charge is -2.04. The lowest BCUT2D eigenvalue weighted by Crippen LogP contribution is -2.25. The van der Waals surface area contributed by atoms with Gasteiger partial charge < -0.3 is 10.6 Å². The fraction of sp³-hybridized carbons (Fsp3) is 0.231. The molecular weight excluding hydrogens is 250 g/mol. The number of nitrogens with one attached hydrogen (secondary N) is 2. The van der Waals surface area contributed by atoms with Gasteiger partial charge in [-0.3, -0.25) is 4.79 Å². The second kappa shape index (κ2) is 8.15. The number of carbonyl (C=O) groups is 1. The summed E-state index contributed by atoms with van der Waals surface area (Å²) in [6, 6.07) is 11.3. The van der Waals surface area contributed by atoms with Crippen LogP contribution in [0.1, 0.15) is 5.56 Å². The number of nitrogens with zero attached hydrogens (tertiary/aromatic N) is 1. The predicted octanol–water partition coefficient (Wildman–Crippen LogP) is 1.54. The Morgan fingerprint density at radius 2 is 2.11 bits per heavy atom. The topological polar surface area (TPSA) is 64.9 Å². The molecule has 0 aliphatic carbocycles. The largest absolute Gasteiger partial charge is 0.388 e. The maximum atomic E-state index is 11.7. The van der Waals surface area contributed by atoms with E-state index in [9.17, 15) is 4.79 Å². The van der Waals surface area contributed by atoms with Crippen LogP contribution >= 0.6 is 11.6 Å². The normalized spacial score (nSPS) is 10.6. The molecule has 0 aliphatic heterocycles. The highest BCUT2D eigenvalue weighted by Crippen LogP contribution is 1.98.